The molecular weight excluding hydrogens is 442 g/mol. The van der Waals surface area contributed by atoms with Gasteiger partial charge < -0.3 is 14.5 Å². The third-order valence-corrected chi connectivity index (χ3v) is 4.56. The van der Waals surface area contributed by atoms with Crippen molar-refractivity contribution in [2.75, 3.05) is 11.9 Å². The van der Waals surface area contributed by atoms with Crippen molar-refractivity contribution in [1.29, 1.82) is 0 Å². The molecule has 0 atom stereocenters. The Labute approximate surface area is 186 Å². The number of nitrogens with zero attached hydrogens (tertiary/aromatic N) is 1. The molecule has 0 saturated heterocycles. The number of ether oxygens (including phenoxy) is 1. The molecular formula is C21H16ClN3O7. The van der Waals surface area contributed by atoms with Gasteiger partial charge in [0.05, 0.1) is 16.7 Å². The van der Waals surface area contributed by atoms with E-state index in [1.165, 1.54) is 30.5 Å². The minimum Gasteiger partial charge on any atom is -0.459 e. The van der Waals surface area contributed by atoms with Crippen LogP contribution in [0.5, 0.6) is 0 Å². The number of furan rings is 1. The van der Waals surface area contributed by atoms with Crippen molar-refractivity contribution in [1.82, 2.24) is 5.32 Å². The lowest BCUT2D eigenvalue weighted by Crippen LogP contribution is -2.34. The van der Waals surface area contributed by atoms with Crippen LogP contribution >= 0.6 is 11.6 Å². The fourth-order valence-corrected chi connectivity index (χ4v) is 2.84. The van der Waals surface area contributed by atoms with Gasteiger partial charge in [0.15, 0.2) is 12.4 Å². The summed E-state index contributed by atoms with van der Waals surface area (Å²) in [5.41, 5.74) is 0.490. The Balaban J connectivity index is 1.69. The third kappa shape index (κ3) is 5.70. The lowest BCUT2D eigenvalue weighted by molar-refractivity contribution is -0.384. The van der Waals surface area contributed by atoms with E-state index < -0.39 is 29.3 Å². The van der Waals surface area contributed by atoms with E-state index in [1.54, 1.807) is 24.3 Å². The van der Waals surface area contributed by atoms with E-state index in [4.69, 9.17) is 20.8 Å². The first-order valence-electron chi connectivity index (χ1n) is 9.15. The standard InChI is InChI=1S/C21H16ClN3O7/c22-16-5-2-1-4-13(16)11-23-17-8-7-14(25(29)30)10-15(17)21(28)32-12-19(26)24-20(27)18-6-3-9-31-18/h1-10,23H,11-12H2,(H,24,26,27). The van der Waals surface area contributed by atoms with Crippen molar-refractivity contribution in [2.45, 2.75) is 6.54 Å². The smallest absolute Gasteiger partial charge is 0.341 e. The van der Waals surface area contributed by atoms with Crippen LogP contribution in [0, 0.1) is 10.1 Å². The number of esters is 1. The van der Waals surface area contributed by atoms with E-state index in [2.05, 4.69) is 5.32 Å². The SMILES string of the molecule is O=C(COC(=O)c1cc([N+](=O)[O-])ccc1NCc1ccccc1Cl)NC(=O)c1ccco1. The number of non-ortho nitro benzene ring substituents is 1. The predicted molar refractivity (Wildman–Crippen MR) is 113 cm³/mol. The van der Waals surface area contributed by atoms with Gasteiger partial charge in [0.2, 0.25) is 0 Å². The summed E-state index contributed by atoms with van der Waals surface area (Å²) in [6.07, 6.45) is 1.26. The maximum atomic E-state index is 12.5. The van der Waals surface area contributed by atoms with Crippen LogP contribution in [0.2, 0.25) is 5.02 Å². The average Bonchev–Trinajstić information content (AvgIpc) is 3.32. The molecule has 3 aromatic rings. The highest BCUT2D eigenvalue weighted by Gasteiger charge is 2.20. The van der Waals surface area contributed by atoms with Crippen LogP contribution in [0.25, 0.3) is 0 Å². The predicted octanol–water partition coefficient (Wildman–Crippen LogP) is 3.57. The van der Waals surface area contributed by atoms with E-state index in [0.717, 1.165) is 11.6 Å². The lowest BCUT2D eigenvalue weighted by Gasteiger charge is -2.12. The molecule has 0 fully saturated rings. The van der Waals surface area contributed by atoms with Crippen LogP contribution in [0.1, 0.15) is 26.5 Å². The Kier molecular flexibility index (Phi) is 7.19. The van der Waals surface area contributed by atoms with Crippen molar-refractivity contribution in [3.63, 3.8) is 0 Å². The summed E-state index contributed by atoms with van der Waals surface area (Å²) < 4.78 is 9.80. The van der Waals surface area contributed by atoms with Crippen molar-refractivity contribution in [3.8, 4) is 0 Å². The summed E-state index contributed by atoms with van der Waals surface area (Å²) in [6.45, 7) is -0.548. The number of nitro benzene ring substituents is 1. The monoisotopic (exact) mass is 457 g/mol. The van der Waals surface area contributed by atoms with E-state index in [0.29, 0.717) is 5.02 Å². The Morgan fingerprint density at radius 1 is 1.09 bits per heavy atom. The van der Waals surface area contributed by atoms with Gasteiger partial charge in [-0.3, -0.25) is 25.0 Å². The molecule has 0 aliphatic rings. The highest BCUT2D eigenvalue weighted by atomic mass is 35.5. The second-order valence-electron chi connectivity index (χ2n) is 6.36. The molecule has 3 rings (SSSR count). The van der Waals surface area contributed by atoms with Crippen LogP contribution in [-0.4, -0.2) is 29.3 Å². The number of nitro groups is 1. The average molecular weight is 458 g/mol. The number of imide groups is 1. The number of anilines is 1. The van der Waals surface area contributed by atoms with E-state index >= 15 is 0 Å². The molecule has 11 heteroatoms. The maximum Gasteiger partial charge on any atom is 0.341 e. The first kappa shape index (κ1) is 22.5. The molecule has 1 aromatic heterocycles. The first-order valence-corrected chi connectivity index (χ1v) is 9.53. The lowest BCUT2D eigenvalue weighted by atomic mass is 10.1. The molecule has 0 aliphatic carbocycles. The molecule has 2 amide bonds. The molecule has 0 spiro atoms. The fraction of sp³-hybridized carbons (Fsp3) is 0.0952. The van der Waals surface area contributed by atoms with Crippen molar-refractivity contribution < 1.29 is 28.5 Å². The largest absolute Gasteiger partial charge is 0.459 e. The number of hydrogen-bond donors (Lipinski definition) is 2. The van der Waals surface area contributed by atoms with E-state index in [9.17, 15) is 24.5 Å². The van der Waals surface area contributed by atoms with Crippen molar-refractivity contribution >= 4 is 40.8 Å². The van der Waals surface area contributed by atoms with Crippen molar-refractivity contribution in [2.24, 2.45) is 0 Å². The minimum atomic E-state index is -0.990. The van der Waals surface area contributed by atoms with Gasteiger partial charge in [0.25, 0.3) is 17.5 Å². The van der Waals surface area contributed by atoms with Gasteiger partial charge in [0.1, 0.15) is 0 Å². The zero-order valence-electron chi connectivity index (χ0n) is 16.4. The zero-order chi connectivity index (χ0) is 23.1. The second kappa shape index (κ2) is 10.2. The fourth-order valence-electron chi connectivity index (χ4n) is 2.64. The number of benzene rings is 2. The zero-order valence-corrected chi connectivity index (χ0v) is 17.1. The number of rotatable bonds is 8. The second-order valence-corrected chi connectivity index (χ2v) is 6.77. The Morgan fingerprint density at radius 2 is 1.88 bits per heavy atom. The topological polar surface area (TPSA) is 141 Å². The van der Waals surface area contributed by atoms with Gasteiger partial charge in [0, 0.05) is 29.4 Å². The summed E-state index contributed by atoms with van der Waals surface area (Å²) in [6, 6.07) is 13.5. The Hall–Kier alpha value is -4.18. The molecule has 0 aliphatic heterocycles. The first-order chi connectivity index (χ1) is 15.3. The van der Waals surface area contributed by atoms with Crippen LogP contribution in [0.3, 0.4) is 0 Å². The Bertz CT molecular complexity index is 1160. The number of nitrogens with one attached hydrogen (secondary N) is 2. The number of amides is 2. The molecule has 0 radical (unpaired) electrons. The van der Waals surface area contributed by atoms with Crippen LogP contribution in [0.4, 0.5) is 11.4 Å². The quantitative estimate of drug-likeness (QED) is 0.297. The molecule has 2 N–H and O–H groups in total. The summed E-state index contributed by atoms with van der Waals surface area (Å²) in [4.78, 5) is 46.7. The summed E-state index contributed by atoms with van der Waals surface area (Å²) in [7, 11) is 0. The van der Waals surface area contributed by atoms with Crippen molar-refractivity contribution in [3.05, 3.63) is 92.9 Å². The van der Waals surface area contributed by atoms with Gasteiger partial charge in [-0.2, -0.15) is 0 Å². The number of carbonyl (C=O) groups excluding carboxylic acids is 3. The van der Waals surface area contributed by atoms with E-state index in [1.807, 2.05) is 5.32 Å². The maximum absolute atomic E-state index is 12.5. The molecule has 32 heavy (non-hydrogen) atoms. The number of hydrogen-bond acceptors (Lipinski definition) is 8. The molecule has 164 valence electrons. The van der Waals surface area contributed by atoms with Gasteiger partial charge in [-0.1, -0.05) is 29.8 Å². The van der Waals surface area contributed by atoms with Gasteiger partial charge in [-0.25, -0.2) is 4.79 Å². The minimum absolute atomic E-state index is 0.0885. The number of halogens is 1. The normalized spacial score (nSPS) is 10.3. The Morgan fingerprint density at radius 3 is 2.56 bits per heavy atom. The van der Waals surface area contributed by atoms with E-state index in [-0.39, 0.29) is 29.2 Å². The third-order valence-electron chi connectivity index (χ3n) is 4.19. The molecule has 0 bridgehead atoms. The summed E-state index contributed by atoms with van der Waals surface area (Å²) in [5, 5.41) is 16.6. The highest BCUT2D eigenvalue weighted by Crippen LogP contribution is 2.25. The van der Waals surface area contributed by atoms with Crippen LogP contribution < -0.4 is 10.6 Å². The van der Waals surface area contributed by atoms with Gasteiger partial charge in [-0.15, -0.1) is 0 Å². The van der Waals surface area contributed by atoms with Crippen LogP contribution in [-0.2, 0) is 16.1 Å². The summed E-state index contributed by atoms with van der Waals surface area (Å²) >= 11 is 6.12. The van der Waals surface area contributed by atoms with Gasteiger partial charge >= 0.3 is 5.97 Å². The molecule has 1 heterocycles. The van der Waals surface area contributed by atoms with Gasteiger partial charge in [-0.05, 0) is 29.8 Å². The number of carbonyl (C=O) groups is 3. The summed E-state index contributed by atoms with van der Waals surface area (Å²) in [5.74, 6) is -2.77. The molecule has 0 unspecified atom stereocenters. The molecule has 0 saturated carbocycles. The highest BCUT2D eigenvalue weighted by molar-refractivity contribution is 6.31. The van der Waals surface area contributed by atoms with Crippen LogP contribution in [0.15, 0.2) is 65.3 Å². The molecule has 2 aromatic carbocycles. The molecule has 10 nitrogen and oxygen atoms in total.